The highest BCUT2D eigenvalue weighted by atomic mass is 32.2. The van der Waals surface area contributed by atoms with Crippen LogP contribution < -0.4 is 10.9 Å². The Morgan fingerprint density at radius 2 is 1.84 bits per heavy atom. The molecule has 1 N–H and O–H groups in total. The smallest absolute Gasteiger partial charge is 0.250 e. The van der Waals surface area contributed by atoms with Crippen molar-refractivity contribution < 1.29 is 13.2 Å². The molecule has 1 heterocycles. The Labute approximate surface area is 147 Å². The molecule has 25 heavy (non-hydrogen) atoms. The van der Waals surface area contributed by atoms with Crippen molar-refractivity contribution in [2.24, 2.45) is 0 Å². The van der Waals surface area contributed by atoms with E-state index >= 15 is 0 Å². The van der Waals surface area contributed by atoms with Gasteiger partial charge >= 0.3 is 0 Å². The van der Waals surface area contributed by atoms with Gasteiger partial charge in [0.25, 0.3) is 5.56 Å². The van der Waals surface area contributed by atoms with E-state index in [1.165, 1.54) is 33.3 Å². The second kappa shape index (κ2) is 8.09. The molecule has 0 saturated carbocycles. The Bertz CT molecular complexity index is 902. The average molecular weight is 363 g/mol. The van der Waals surface area contributed by atoms with E-state index in [1.807, 2.05) is 0 Å². The number of sulfonamides is 1. The van der Waals surface area contributed by atoms with E-state index in [0.29, 0.717) is 18.8 Å². The minimum absolute atomic E-state index is 0.117. The molecule has 0 bridgehead atoms. The van der Waals surface area contributed by atoms with Gasteiger partial charge < -0.3 is 9.88 Å². The second-order valence-corrected chi connectivity index (χ2v) is 7.27. The molecule has 0 aliphatic rings. The van der Waals surface area contributed by atoms with Gasteiger partial charge in [-0.1, -0.05) is 26.0 Å². The number of amides is 1. The predicted molar refractivity (Wildman–Crippen MR) is 95.9 cm³/mol. The first kappa shape index (κ1) is 18.9. The summed E-state index contributed by atoms with van der Waals surface area (Å²) in [4.78, 5) is 23.9. The number of benzene rings is 1. The summed E-state index contributed by atoms with van der Waals surface area (Å²) >= 11 is 0. The lowest BCUT2D eigenvalue weighted by atomic mass is 10.3. The van der Waals surface area contributed by atoms with Crippen LogP contribution in [0.2, 0.25) is 0 Å². The van der Waals surface area contributed by atoms with Crippen LogP contribution >= 0.6 is 0 Å². The maximum Gasteiger partial charge on any atom is 0.250 e. The fraction of sp³-hybridized carbons (Fsp3) is 0.294. The molecule has 0 aliphatic heterocycles. The van der Waals surface area contributed by atoms with Crippen molar-refractivity contribution in [2.45, 2.75) is 25.3 Å². The van der Waals surface area contributed by atoms with E-state index in [-0.39, 0.29) is 17.0 Å². The molecule has 0 atom stereocenters. The number of hydrogen-bond donors (Lipinski definition) is 1. The summed E-state index contributed by atoms with van der Waals surface area (Å²) in [5, 5.41) is 2.62. The second-order valence-electron chi connectivity index (χ2n) is 5.33. The van der Waals surface area contributed by atoms with Crippen LogP contribution in [0.4, 0.5) is 5.69 Å². The number of carbonyl (C=O) groups excluding carboxylic acids is 1. The SMILES string of the molecule is CCN(CC)S(=O)(=O)c1cccc(NC(=O)Cn2ccccc2=O)c1. The maximum atomic E-state index is 12.5. The Morgan fingerprint density at radius 3 is 2.48 bits per heavy atom. The fourth-order valence-electron chi connectivity index (χ4n) is 2.39. The van der Waals surface area contributed by atoms with Gasteiger partial charge in [-0.25, -0.2) is 8.42 Å². The number of anilines is 1. The lowest BCUT2D eigenvalue weighted by Crippen LogP contribution is -2.30. The molecule has 1 aromatic heterocycles. The van der Waals surface area contributed by atoms with Gasteiger partial charge in [-0.3, -0.25) is 9.59 Å². The summed E-state index contributed by atoms with van der Waals surface area (Å²) in [6.45, 7) is 4.12. The zero-order valence-electron chi connectivity index (χ0n) is 14.2. The van der Waals surface area contributed by atoms with Crippen molar-refractivity contribution in [3.63, 3.8) is 0 Å². The molecule has 1 amide bonds. The number of nitrogens with one attached hydrogen (secondary N) is 1. The van der Waals surface area contributed by atoms with Crippen LogP contribution in [0.1, 0.15) is 13.8 Å². The van der Waals surface area contributed by atoms with Gasteiger partial charge in [0.1, 0.15) is 6.54 Å². The molecular formula is C17H21N3O4S. The Kier molecular flexibility index (Phi) is 6.11. The van der Waals surface area contributed by atoms with Gasteiger partial charge in [0.15, 0.2) is 0 Å². The van der Waals surface area contributed by atoms with Crippen LogP contribution in [0.3, 0.4) is 0 Å². The summed E-state index contributed by atoms with van der Waals surface area (Å²) < 4.78 is 27.7. The molecule has 0 spiro atoms. The van der Waals surface area contributed by atoms with Crippen molar-refractivity contribution in [1.82, 2.24) is 8.87 Å². The zero-order chi connectivity index (χ0) is 18.4. The van der Waals surface area contributed by atoms with E-state index in [9.17, 15) is 18.0 Å². The molecule has 0 aliphatic carbocycles. The molecule has 2 aromatic rings. The van der Waals surface area contributed by atoms with Gasteiger partial charge in [-0.2, -0.15) is 4.31 Å². The lowest BCUT2D eigenvalue weighted by molar-refractivity contribution is -0.116. The average Bonchev–Trinajstić information content (AvgIpc) is 2.58. The minimum Gasteiger partial charge on any atom is -0.324 e. The van der Waals surface area contributed by atoms with Crippen LogP contribution in [-0.4, -0.2) is 36.3 Å². The molecule has 8 heteroatoms. The van der Waals surface area contributed by atoms with Crippen molar-refractivity contribution in [2.75, 3.05) is 18.4 Å². The highest BCUT2D eigenvalue weighted by Gasteiger charge is 2.21. The summed E-state index contributed by atoms with van der Waals surface area (Å²) in [5.41, 5.74) is 0.0812. The maximum absolute atomic E-state index is 12.5. The van der Waals surface area contributed by atoms with E-state index in [4.69, 9.17) is 0 Å². The topological polar surface area (TPSA) is 88.5 Å². The first-order chi connectivity index (χ1) is 11.9. The number of hydrogen-bond acceptors (Lipinski definition) is 4. The fourth-order valence-corrected chi connectivity index (χ4v) is 3.90. The van der Waals surface area contributed by atoms with E-state index in [1.54, 1.807) is 38.1 Å². The number of pyridine rings is 1. The van der Waals surface area contributed by atoms with Gasteiger partial charge in [-0.15, -0.1) is 0 Å². The molecule has 2 rings (SSSR count). The monoisotopic (exact) mass is 363 g/mol. The molecule has 0 saturated heterocycles. The minimum atomic E-state index is -3.60. The van der Waals surface area contributed by atoms with Crippen molar-refractivity contribution in [3.8, 4) is 0 Å². The summed E-state index contributed by atoms with van der Waals surface area (Å²) in [6, 6.07) is 10.7. The third-order valence-corrected chi connectivity index (χ3v) is 5.72. The Balaban J connectivity index is 2.18. The van der Waals surface area contributed by atoms with Crippen molar-refractivity contribution in [1.29, 1.82) is 0 Å². The standard InChI is InChI=1S/C17H21N3O4S/c1-3-20(4-2)25(23,24)15-9-7-8-14(12-15)18-16(21)13-19-11-6-5-10-17(19)22/h5-12H,3-4,13H2,1-2H3,(H,18,21). The normalized spacial score (nSPS) is 11.5. The van der Waals surface area contributed by atoms with E-state index in [2.05, 4.69) is 5.32 Å². The van der Waals surface area contributed by atoms with Crippen LogP contribution in [-0.2, 0) is 21.4 Å². The highest BCUT2D eigenvalue weighted by Crippen LogP contribution is 2.19. The van der Waals surface area contributed by atoms with Crippen molar-refractivity contribution in [3.05, 3.63) is 59.0 Å². The first-order valence-electron chi connectivity index (χ1n) is 7.94. The van der Waals surface area contributed by atoms with Gasteiger partial charge in [0, 0.05) is 31.0 Å². The number of aromatic nitrogens is 1. The molecule has 0 fully saturated rings. The van der Waals surface area contributed by atoms with Crippen LogP contribution in [0.5, 0.6) is 0 Å². The van der Waals surface area contributed by atoms with Crippen LogP contribution in [0, 0.1) is 0 Å². The quantitative estimate of drug-likeness (QED) is 0.808. The lowest BCUT2D eigenvalue weighted by Gasteiger charge is -2.18. The van der Waals surface area contributed by atoms with E-state index < -0.39 is 15.9 Å². The highest BCUT2D eigenvalue weighted by molar-refractivity contribution is 7.89. The molecule has 7 nitrogen and oxygen atoms in total. The molecule has 0 radical (unpaired) electrons. The van der Waals surface area contributed by atoms with E-state index in [0.717, 1.165) is 0 Å². The molecule has 1 aromatic carbocycles. The summed E-state index contributed by atoms with van der Waals surface area (Å²) in [6.07, 6.45) is 1.52. The van der Waals surface area contributed by atoms with Gasteiger partial charge in [-0.05, 0) is 24.3 Å². The number of carbonyl (C=O) groups is 1. The summed E-state index contributed by atoms with van der Waals surface area (Å²) in [5.74, 6) is -0.411. The third-order valence-electron chi connectivity index (χ3n) is 3.67. The van der Waals surface area contributed by atoms with Crippen LogP contribution in [0.25, 0.3) is 0 Å². The molecular weight excluding hydrogens is 342 g/mol. The number of rotatable bonds is 7. The van der Waals surface area contributed by atoms with Gasteiger partial charge in [0.2, 0.25) is 15.9 Å². The molecule has 0 unspecified atom stereocenters. The van der Waals surface area contributed by atoms with Gasteiger partial charge in [0.05, 0.1) is 4.90 Å². The first-order valence-corrected chi connectivity index (χ1v) is 9.38. The van der Waals surface area contributed by atoms with Crippen LogP contribution in [0.15, 0.2) is 58.4 Å². The molecule has 134 valence electrons. The Morgan fingerprint density at radius 1 is 1.12 bits per heavy atom. The third kappa shape index (κ3) is 4.55. The predicted octanol–water partition coefficient (Wildman–Crippen LogP) is 1.52. The summed E-state index contributed by atoms with van der Waals surface area (Å²) in [7, 11) is -3.60. The largest absolute Gasteiger partial charge is 0.324 e. The Hall–Kier alpha value is -2.45. The van der Waals surface area contributed by atoms with Crippen molar-refractivity contribution >= 4 is 21.6 Å². The zero-order valence-corrected chi connectivity index (χ0v) is 15.0. The number of nitrogens with zero attached hydrogens (tertiary/aromatic N) is 2.